The Labute approximate surface area is 119 Å². The number of hydrogen-bond acceptors (Lipinski definition) is 2. The highest BCUT2D eigenvalue weighted by Crippen LogP contribution is 2.25. The van der Waals surface area contributed by atoms with Gasteiger partial charge in [-0.05, 0) is 35.7 Å². The summed E-state index contributed by atoms with van der Waals surface area (Å²) in [5.74, 6) is 1.41. The van der Waals surface area contributed by atoms with Crippen molar-refractivity contribution in [3.8, 4) is 0 Å². The van der Waals surface area contributed by atoms with Crippen molar-refractivity contribution in [2.75, 3.05) is 0 Å². The highest BCUT2D eigenvalue weighted by Gasteiger charge is 2.17. The molecule has 0 bridgehead atoms. The van der Waals surface area contributed by atoms with Crippen molar-refractivity contribution >= 4 is 11.6 Å². The van der Waals surface area contributed by atoms with Crippen LogP contribution in [0.4, 0.5) is 13.2 Å². The Morgan fingerprint density at radius 1 is 1.10 bits per heavy atom. The molecular formula is C14H12ClF3N2. The van der Waals surface area contributed by atoms with Gasteiger partial charge in [-0.3, -0.25) is 11.3 Å². The number of rotatable bonds is 4. The van der Waals surface area contributed by atoms with Crippen LogP contribution in [0, 0.1) is 17.5 Å². The SMILES string of the molecule is NNC(Cc1ccccc1Cl)c1cc(F)c(F)c(F)c1. The van der Waals surface area contributed by atoms with Gasteiger partial charge in [0.1, 0.15) is 0 Å². The summed E-state index contributed by atoms with van der Waals surface area (Å²) in [5.41, 5.74) is 3.43. The van der Waals surface area contributed by atoms with Crippen LogP contribution in [0.1, 0.15) is 17.2 Å². The van der Waals surface area contributed by atoms with E-state index in [1.807, 2.05) is 0 Å². The summed E-state index contributed by atoms with van der Waals surface area (Å²) >= 11 is 6.02. The zero-order valence-corrected chi connectivity index (χ0v) is 11.1. The fourth-order valence-corrected chi connectivity index (χ4v) is 2.15. The number of hydrogen-bond donors (Lipinski definition) is 2. The summed E-state index contributed by atoms with van der Waals surface area (Å²) < 4.78 is 39.4. The van der Waals surface area contributed by atoms with Gasteiger partial charge in [0.15, 0.2) is 17.5 Å². The van der Waals surface area contributed by atoms with E-state index in [1.165, 1.54) is 0 Å². The standard InChI is InChI=1S/C14H12ClF3N2/c15-10-4-2-1-3-8(10)7-13(20-19)9-5-11(16)14(18)12(17)6-9/h1-6,13,20H,7,19H2. The monoisotopic (exact) mass is 300 g/mol. The molecule has 1 unspecified atom stereocenters. The largest absolute Gasteiger partial charge is 0.271 e. The summed E-state index contributed by atoms with van der Waals surface area (Å²) in [6.45, 7) is 0. The summed E-state index contributed by atoms with van der Waals surface area (Å²) in [5, 5.41) is 0.524. The van der Waals surface area contributed by atoms with E-state index in [0.29, 0.717) is 11.4 Å². The van der Waals surface area contributed by atoms with E-state index in [9.17, 15) is 13.2 Å². The first-order valence-corrected chi connectivity index (χ1v) is 6.24. The molecule has 2 aromatic rings. The van der Waals surface area contributed by atoms with Gasteiger partial charge in [-0.15, -0.1) is 0 Å². The van der Waals surface area contributed by atoms with Crippen LogP contribution < -0.4 is 11.3 Å². The van der Waals surface area contributed by atoms with Crippen molar-refractivity contribution in [2.24, 2.45) is 5.84 Å². The second-order valence-electron chi connectivity index (χ2n) is 4.31. The van der Waals surface area contributed by atoms with Crippen LogP contribution in [0.2, 0.25) is 5.02 Å². The minimum absolute atomic E-state index is 0.212. The van der Waals surface area contributed by atoms with Crippen LogP contribution in [0.5, 0.6) is 0 Å². The number of halogens is 4. The van der Waals surface area contributed by atoms with E-state index < -0.39 is 23.5 Å². The fraction of sp³-hybridized carbons (Fsp3) is 0.143. The molecule has 20 heavy (non-hydrogen) atoms. The van der Waals surface area contributed by atoms with Gasteiger partial charge in [-0.1, -0.05) is 29.8 Å². The van der Waals surface area contributed by atoms with Gasteiger partial charge in [0, 0.05) is 5.02 Å². The van der Waals surface area contributed by atoms with E-state index >= 15 is 0 Å². The molecule has 0 aliphatic rings. The van der Waals surface area contributed by atoms with Gasteiger partial charge in [-0.2, -0.15) is 0 Å². The first-order chi connectivity index (χ1) is 9.52. The lowest BCUT2D eigenvalue weighted by molar-refractivity contribution is 0.439. The second-order valence-corrected chi connectivity index (χ2v) is 4.72. The third-order valence-electron chi connectivity index (χ3n) is 2.99. The van der Waals surface area contributed by atoms with Gasteiger partial charge < -0.3 is 0 Å². The molecule has 0 amide bonds. The molecule has 0 saturated heterocycles. The molecule has 0 radical (unpaired) electrons. The van der Waals surface area contributed by atoms with Crippen molar-refractivity contribution in [3.05, 3.63) is 70.0 Å². The summed E-state index contributed by atoms with van der Waals surface area (Å²) in [7, 11) is 0. The van der Waals surface area contributed by atoms with Gasteiger partial charge in [0.25, 0.3) is 0 Å². The van der Waals surface area contributed by atoms with E-state index in [-0.39, 0.29) is 5.56 Å². The van der Waals surface area contributed by atoms with E-state index in [4.69, 9.17) is 17.4 Å². The Morgan fingerprint density at radius 3 is 2.25 bits per heavy atom. The molecule has 0 spiro atoms. The van der Waals surface area contributed by atoms with E-state index in [0.717, 1.165) is 17.7 Å². The molecular weight excluding hydrogens is 289 g/mol. The smallest absolute Gasteiger partial charge is 0.194 e. The molecule has 0 aliphatic carbocycles. The van der Waals surface area contributed by atoms with Crippen LogP contribution in [0.25, 0.3) is 0 Å². The maximum Gasteiger partial charge on any atom is 0.194 e. The Kier molecular flexibility index (Phi) is 4.65. The average molecular weight is 301 g/mol. The van der Waals surface area contributed by atoms with Crippen molar-refractivity contribution < 1.29 is 13.2 Å². The molecule has 6 heteroatoms. The Morgan fingerprint density at radius 2 is 1.70 bits per heavy atom. The van der Waals surface area contributed by atoms with Crippen LogP contribution in [-0.4, -0.2) is 0 Å². The summed E-state index contributed by atoms with van der Waals surface area (Å²) in [6, 6.07) is 8.30. The second kappa shape index (κ2) is 6.26. The topological polar surface area (TPSA) is 38.0 Å². The number of nitrogens with one attached hydrogen (secondary N) is 1. The lowest BCUT2D eigenvalue weighted by Crippen LogP contribution is -2.30. The molecule has 2 rings (SSSR count). The van der Waals surface area contributed by atoms with Crippen LogP contribution in [-0.2, 0) is 6.42 Å². The van der Waals surface area contributed by atoms with Gasteiger partial charge in [-0.25, -0.2) is 13.2 Å². The van der Waals surface area contributed by atoms with Crippen LogP contribution in [0.15, 0.2) is 36.4 Å². The van der Waals surface area contributed by atoms with Gasteiger partial charge in [0.05, 0.1) is 6.04 Å². The third kappa shape index (κ3) is 3.12. The maximum absolute atomic E-state index is 13.2. The number of benzene rings is 2. The van der Waals surface area contributed by atoms with Gasteiger partial charge in [0.2, 0.25) is 0 Å². The predicted octanol–water partition coefficient (Wildman–Crippen LogP) is 3.50. The minimum atomic E-state index is -1.50. The molecule has 0 fully saturated rings. The van der Waals surface area contributed by atoms with E-state index in [2.05, 4.69) is 5.43 Å². The first-order valence-electron chi connectivity index (χ1n) is 5.87. The van der Waals surface area contributed by atoms with Gasteiger partial charge >= 0.3 is 0 Å². The normalized spacial score (nSPS) is 12.4. The first kappa shape index (κ1) is 14.8. The Bertz CT molecular complexity index is 596. The lowest BCUT2D eigenvalue weighted by atomic mass is 9.99. The Hall–Kier alpha value is -1.56. The lowest BCUT2D eigenvalue weighted by Gasteiger charge is -2.17. The molecule has 0 aliphatic heterocycles. The summed E-state index contributed by atoms with van der Waals surface area (Å²) in [4.78, 5) is 0. The predicted molar refractivity (Wildman–Crippen MR) is 71.5 cm³/mol. The molecule has 2 aromatic carbocycles. The Balaban J connectivity index is 2.31. The highest BCUT2D eigenvalue weighted by molar-refractivity contribution is 6.31. The molecule has 2 nitrogen and oxygen atoms in total. The minimum Gasteiger partial charge on any atom is -0.271 e. The number of nitrogens with two attached hydrogens (primary N) is 1. The summed E-state index contributed by atoms with van der Waals surface area (Å²) in [6.07, 6.45) is 0.320. The zero-order chi connectivity index (χ0) is 14.7. The molecule has 1 atom stereocenters. The average Bonchev–Trinajstić information content (AvgIpc) is 2.43. The maximum atomic E-state index is 13.2. The number of hydrazine groups is 1. The van der Waals surface area contributed by atoms with E-state index in [1.54, 1.807) is 24.3 Å². The molecule has 106 valence electrons. The van der Waals surface area contributed by atoms with Crippen molar-refractivity contribution in [1.82, 2.24) is 5.43 Å². The van der Waals surface area contributed by atoms with Crippen molar-refractivity contribution in [1.29, 1.82) is 0 Å². The zero-order valence-electron chi connectivity index (χ0n) is 10.3. The van der Waals surface area contributed by atoms with Crippen LogP contribution >= 0.6 is 11.6 Å². The molecule has 0 aromatic heterocycles. The molecule has 3 N–H and O–H groups in total. The third-order valence-corrected chi connectivity index (χ3v) is 3.36. The van der Waals surface area contributed by atoms with Crippen LogP contribution in [0.3, 0.4) is 0 Å². The van der Waals surface area contributed by atoms with Crippen molar-refractivity contribution in [3.63, 3.8) is 0 Å². The quantitative estimate of drug-likeness (QED) is 0.515. The molecule has 0 saturated carbocycles. The molecule has 0 heterocycles. The fourth-order valence-electron chi connectivity index (χ4n) is 1.93. The highest BCUT2D eigenvalue weighted by atomic mass is 35.5. The van der Waals surface area contributed by atoms with Crippen molar-refractivity contribution in [2.45, 2.75) is 12.5 Å².